The lowest BCUT2D eigenvalue weighted by Gasteiger charge is -2.37. The highest BCUT2D eigenvalue weighted by molar-refractivity contribution is 5.88. The van der Waals surface area contributed by atoms with Crippen LogP contribution in [0, 0.1) is 5.82 Å². The van der Waals surface area contributed by atoms with Gasteiger partial charge in [-0.05, 0) is 42.8 Å². The third kappa shape index (κ3) is 3.09. The predicted octanol–water partition coefficient (Wildman–Crippen LogP) is 4.01. The standard InChI is InChI=1S/C19H16F4N2O2/c20-17-8-13(4-5-16(17)18(26)27)25-10-14-7-15(25)9-24(14)12-3-1-2-11(6-12)19(21,22)23/h1-6,8,14-15H,7,9-10H2,(H,26,27)/t14-,15-/m1/s1. The zero-order valence-electron chi connectivity index (χ0n) is 14.1. The second-order valence-electron chi connectivity index (χ2n) is 6.87. The quantitative estimate of drug-likeness (QED) is 0.818. The molecule has 2 fully saturated rings. The lowest BCUT2D eigenvalue weighted by Crippen LogP contribution is -2.46. The fourth-order valence-electron chi connectivity index (χ4n) is 4.02. The minimum Gasteiger partial charge on any atom is -0.478 e. The molecule has 0 aliphatic carbocycles. The van der Waals surface area contributed by atoms with Crippen LogP contribution in [0.25, 0.3) is 0 Å². The molecule has 0 saturated carbocycles. The number of carboxylic acid groups (broad SMARTS) is 1. The van der Waals surface area contributed by atoms with Gasteiger partial charge in [-0.3, -0.25) is 0 Å². The normalized spacial score (nSPS) is 21.8. The van der Waals surface area contributed by atoms with Gasteiger partial charge in [-0.25, -0.2) is 9.18 Å². The molecule has 2 atom stereocenters. The molecule has 0 spiro atoms. The fourth-order valence-corrected chi connectivity index (χ4v) is 4.02. The third-order valence-electron chi connectivity index (χ3n) is 5.26. The Hall–Kier alpha value is -2.77. The van der Waals surface area contributed by atoms with Crippen molar-refractivity contribution in [1.29, 1.82) is 0 Å². The Bertz CT molecular complexity index is 900. The average Bonchev–Trinajstić information content (AvgIpc) is 3.21. The number of aromatic carboxylic acids is 1. The van der Waals surface area contributed by atoms with Crippen molar-refractivity contribution in [1.82, 2.24) is 0 Å². The third-order valence-corrected chi connectivity index (χ3v) is 5.26. The van der Waals surface area contributed by atoms with Gasteiger partial charge in [0.2, 0.25) is 0 Å². The first-order valence-corrected chi connectivity index (χ1v) is 8.47. The van der Waals surface area contributed by atoms with Crippen molar-refractivity contribution in [2.24, 2.45) is 0 Å². The van der Waals surface area contributed by atoms with Crippen LogP contribution in [0.1, 0.15) is 22.3 Å². The predicted molar refractivity (Wildman–Crippen MR) is 91.7 cm³/mol. The number of nitrogens with zero attached hydrogens (tertiary/aromatic N) is 2. The lowest BCUT2D eigenvalue weighted by atomic mass is 10.1. The van der Waals surface area contributed by atoms with Gasteiger partial charge in [0.25, 0.3) is 0 Å². The number of piperazine rings is 1. The molecular weight excluding hydrogens is 364 g/mol. The molecule has 4 rings (SSSR count). The van der Waals surface area contributed by atoms with Crippen molar-refractivity contribution in [3.05, 3.63) is 59.4 Å². The van der Waals surface area contributed by atoms with Gasteiger partial charge >= 0.3 is 12.1 Å². The summed E-state index contributed by atoms with van der Waals surface area (Å²) in [5.41, 5.74) is 0.0673. The van der Waals surface area contributed by atoms with Crippen LogP contribution in [0.4, 0.5) is 28.9 Å². The van der Waals surface area contributed by atoms with E-state index in [1.54, 1.807) is 12.1 Å². The van der Waals surface area contributed by atoms with E-state index in [1.165, 1.54) is 18.2 Å². The van der Waals surface area contributed by atoms with Crippen molar-refractivity contribution >= 4 is 17.3 Å². The van der Waals surface area contributed by atoms with E-state index in [2.05, 4.69) is 0 Å². The van der Waals surface area contributed by atoms with E-state index in [4.69, 9.17) is 5.11 Å². The Morgan fingerprint density at radius 2 is 1.63 bits per heavy atom. The van der Waals surface area contributed by atoms with Crippen molar-refractivity contribution in [2.75, 3.05) is 22.9 Å². The fraction of sp³-hybridized carbons (Fsp3) is 0.316. The summed E-state index contributed by atoms with van der Waals surface area (Å²) in [5, 5.41) is 8.93. The molecule has 2 aliphatic heterocycles. The highest BCUT2D eigenvalue weighted by atomic mass is 19.4. The average molecular weight is 380 g/mol. The zero-order chi connectivity index (χ0) is 19.3. The largest absolute Gasteiger partial charge is 0.478 e. The van der Waals surface area contributed by atoms with Crippen LogP contribution in [0.3, 0.4) is 0 Å². The number of hydrogen-bond donors (Lipinski definition) is 1. The number of alkyl halides is 3. The summed E-state index contributed by atoms with van der Waals surface area (Å²) in [6.07, 6.45) is -3.62. The van der Waals surface area contributed by atoms with Gasteiger partial charge in [0.15, 0.2) is 0 Å². The molecule has 0 amide bonds. The Labute approximate surface area is 152 Å². The summed E-state index contributed by atoms with van der Waals surface area (Å²) in [6, 6.07) is 9.37. The van der Waals surface area contributed by atoms with Crippen LogP contribution >= 0.6 is 0 Å². The first-order chi connectivity index (χ1) is 12.7. The van der Waals surface area contributed by atoms with Crippen molar-refractivity contribution in [3.8, 4) is 0 Å². The maximum atomic E-state index is 14.0. The minimum atomic E-state index is -4.38. The summed E-state index contributed by atoms with van der Waals surface area (Å²) in [5.74, 6) is -2.12. The number of rotatable bonds is 3. The number of anilines is 2. The van der Waals surface area contributed by atoms with Crippen LogP contribution in [0.5, 0.6) is 0 Å². The SMILES string of the molecule is O=C(O)c1ccc(N2C[C@H]3C[C@@H]2CN3c2cccc(C(F)(F)F)c2)cc1F. The first-order valence-electron chi connectivity index (χ1n) is 8.47. The van der Waals surface area contributed by atoms with Gasteiger partial charge in [-0.1, -0.05) is 6.07 Å². The Kier molecular flexibility index (Phi) is 4.01. The second kappa shape index (κ2) is 6.14. The highest BCUT2D eigenvalue weighted by Gasteiger charge is 2.44. The van der Waals surface area contributed by atoms with Gasteiger partial charge in [0.1, 0.15) is 5.82 Å². The van der Waals surface area contributed by atoms with Gasteiger partial charge in [-0.15, -0.1) is 0 Å². The van der Waals surface area contributed by atoms with Gasteiger partial charge in [0, 0.05) is 36.5 Å². The Morgan fingerprint density at radius 1 is 1.00 bits per heavy atom. The molecule has 1 N–H and O–H groups in total. The summed E-state index contributed by atoms with van der Waals surface area (Å²) < 4.78 is 52.8. The summed E-state index contributed by atoms with van der Waals surface area (Å²) in [6.45, 7) is 1.08. The van der Waals surface area contributed by atoms with Crippen molar-refractivity contribution < 1.29 is 27.5 Å². The molecule has 2 aliphatic rings. The smallest absolute Gasteiger partial charge is 0.416 e. The maximum Gasteiger partial charge on any atom is 0.416 e. The molecule has 4 nitrogen and oxygen atoms in total. The van der Waals surface area contributed by atoms with E-state index in [9.17, 15) is 22.4 Å². The maximum absolute atomic E-state index is 14.0. The van der Waals surface area contributed by atoms with E-state index in [-0.39, 0.29) is 17.6 Å². The molecule has 142 valence electrons. The van der Waals surface area contributed by atoms with E-state index in [1.807, 2.05) is 9.80 Å². The van der Waals surface area contributed by atoms with Crippen molar-refractivity contribution in [2.45, 2.75) is 24.7 Å². The molecule has 0 unspecified atom stereocenters. The molecule has 0 aromatic heterocycles. The molecule has 27 heavy (non-hydrogen) atoms. The number of benzene rings is 2. The van der Waals surface area contributed by atoms with Crippen LogP contribution < -0.4 is 9.80 Å². The monoisotopic (exact) mass is 380 g/mol. The van der Waals surface area contributed by atoms with Gasteiger partial charge < -0.3 is 14.9 Å². The molecular formula is C19H16F4N2O2. The molecule has 8 heteroatoms. The number of hydrogen-bond acceptors (Lipinski definition) is 3. The summed E-state index contributed by atoms with van der Waals surface area (Å²) in [7, 11) is 0. The van der Waals surface area contributed by atoms with Crippen molar-refractivity contribution in [3.63, 3.8) is 0 Å². The first kappa shape index (κ1) is 17.6. The van der Waals surface area contributed by atoms with Crippen LogP contribution in [-0.2, 0) is 6.18 Å². The van der Waals surface area contributed by atoms with Crippen LogP contribution in [0.2, 0.25) is 0 Å². The summed E-state index contributed by atoms with van der Waals surface area (Å²) in [4.78, 5) is 14.9. The van der Waals surface area contributed by atoms with Gasteiger partial charge in [-0.2, -0.15) is 13.2 Å². The highest BCUT2D eigenvalue weighted by Crippen LogP contribution is 2.39. The Morgan fingerprint density at radius 3 is 2.15 bits per heavy atom. The van der Waals surface area contributed by atoms with E-state index in [0.717, 1.165) is 18.6 Å². The van der Waals surface area contributed by atoms with E-state index in [0.29, 0.717) is 24.5 Å². The van der Waals surface area contributed by atoms with Crippen LogP contribution in [0.15, 0.2) is 42.5 Å². The molecule has 2 aromatic carbocycles. The van der Waals surface area contributed by atoms with E-state index < -0.39 is 23.5 Å². The minimum absolute atomic E-state index is 0.0284. The number of carbonyl (C=O) groups is 1. The van der Waals surface area contributed by atoms with Gasteiger partial charge in [0.05, 0.1) is 11.1 Å². The molecule has 0 radical (unpaired) electrons. The second-order valence-corrected chi connectivity index (χ2v) is 6.87. The number of carboxylic acids is 1. The molecule has 2 bridgehead atoms. The molecule has 2 heterocycles. The lowest BCUT2D eigenvalue weighted by molar-refractivity contribution is -0.137. The zero-order valence-corrected chi connectivity index (χ0v) is 14.1. The van der Waals surface area contributed by atoms with Crippen LogP contribution in [-0.4, -0.2) is 36.2 Å². The summed E-state index contributed by atoms with van der Waals surface area (Å²) >= 11 is 0. The topological polar surface area (TPSA) is 43.8 Å². The number of fused-ring (bicyclic) bond motifs is 2. The van der Waals surface area contributed by atoms with E-state index >= 15 is 0 Å². The number of halogens is 4. The molecule has 2 saturated heterocycles. The molecule has 2 aromatic rings. The Balaban J connectivity index is 1.53.